The lowest BCUT2D eigenvalue weighted by Gasteiger charge is -2.33. The van der Waals surface area contributed by atoms with Gasteiger partial charge in [0.15, 0.2) is 0 Å². The van der Waals surface area contributed by atoms with Crippen molar-refractivity contribution < 1.29 is 0 Å². The average Bonchev–Trinajstić information content (AvgIpc) is 2.66. The van der Waals surface area contributed by atoms with Crippen LogP contribution in [0.4, 0.5) is 0 Å². The van der Waals surface area contributed by atoms with Crippen molar-refractivity contribution in [2.45, 2.75) is 46.7 Å². The van der Waals surface area contributed by atoms with Crippen LogP contribution in [-0.4, -0.2) is 9.78 Å². The molecule has 0 aliphatic heterocycles. The van der Waals surface area contributed by atoms with Gasteiger partial charge in [0.05, 0.1) is 11.7 Å². The SMILES string of the molecule is CCn1nccc1C(NN)C(C)(C)CC. The Bertz CT molecular complexity index is 303. The second kappa shape index (κ2) is 4.77. The van der Waals surface area contributed by atoms with Crippen molar-refractivity contribution in [1.29, 1.82) is 0 Å². The first-order valence-corrected chi connectivity index (χ1v) is 5.54. The molecule has 1 unspecified atom stereocenters. The van der Waals surface area contributed by atoms with Crippen molar-refractivity contribution in [2.75, 3.05) is 0 Å². The fraction of sp³-hybridized carbons (Fsp3) is 0.727. The second-order valence-electron chi connectivity index (χ2n) is 4.51. The monoisotopic (exact) mass is 210 g/mol. The Morgan fingerprint density at radius 1 is 1.53 bits per heavy atom. The van der Waals surface area contributed by atoms with Gasteiger partial charge in [-0.05, 0) is 24.8 Å². The molecule has 15 heavy (non-hydrogen) atoms. The van der Waals surface area contributed by atoms with E-state index in [1.54, 1.807) is 0 Å². The summed E-state index contributed by atoms with van der Waals surface area (Å²) in [5, 5.41) is 4.27. The molecule has 0 amide bonds. The molecule has 0 aliphatic rings. The van der Waals surface area contributed by atoms with Crippen LogP contribution in [0.2, 0.25) is 0 Å². The average molecular weight is 210 g/mol. The van der Waals surface area contributed by atoms with Crippen molar-refractivity contribution >= 4 is 0 Å². The highest BCUT2D eigenvalue weighted by Gasteiger charge is 2.30. The molecule has 1 aromatic rings. The minimum Gasteiger partial charge on any atom is -0.271 e. The molecule has 0 bridgehead atoms. The molecule has 4 nitrogen and oxygen atoms in total. The molecule has 3 N–H and O–H groups in total. The van der Waals surface area contributed by atoms with E-state index in [0.717, 1.165) is 18.7 Å². The minimum atomic E-state index is 0.127. The second-order valence-corrected chi connectivity index (χ2v) is 4.51. The maximum absolute atomic E-state index is 5.66. The van der Waals surface area contributed by atoms with E-state index in [0.29, 0.717) is 0 Å². The number of hydrogen-bond donors (Lipinski definition) is 2. The van der Waals surface area contributed by atoms with E-state index in [9.17, 15) is 0 Å². The van der Waals surface area contributed by atoms with Gasteiger partial charge in [0.2, 0.25) is 0 Å². The van der Waals surface area contributed by atoms with Gasteiger partial charge in [0.1, 0.15) is 0 Å². The van der Waals surface area contributed by atoms with Gasteiger partial charge in [-0.15, -0.1) is 0 Å². The topological polar surface area (TPSA) is 55.9 Å². The third kappa shape index (κ3) is 2.38. The zero-order valence-corrected chi connectivity index (χ0v) is 10.1. The van der Waals surface area contributed by atoms with E-state index in [1.807, 2.05) is 16.9 Å². The molecule has 86 valence electrons. The van der Waals surface area contributed by atoms with Crippen LogP contribution in [0.1, 0.15) is 45.9 Å². The summed E-state index contributed by atoms with van der Waals surface area (Å²) in [5.41, 5.74) is 4.20. The number of nitrogens with one attached hydrogen (secondary N) is 1. The van der Waals surface area contributed by atoms with Crippen molar-refractivity contribution in [3.05, 3.63) is 18.0 Å². The van der Waals surface area contributed by atoms with E-state index < -0.39 is 0 Å². The number of nitrogens with two attached hydrogens (primary N) is 1. The van der Waals surface area contributed by atoms with Gasteiger partial charge in [0, 0.05) is 12.7 Å². The Morgan fingerprint density at radius 3 is 2.67 bits per heavy atom. The van der Waals surface area contributed by atoms with Gasteiger partial charge in [0.25, 0.3) is 0 Å². The first-order valence-electron chi connectivity index (χ1n) is 5.54. The van der Waals surface area contributed by atoms with Crippen LogP contribution >= 0.6 is 0 Å². The number of rotatable bonds is 5. The van der Waals surface area contributed by atoms with Crippen molar-refractivity contribution in [3.8, 4) is 0 Å². The number of hydrazine groups is 1. The molecule has 1 rings (SSSR count). The number of hydrogen-bond acceptors (Lipinski definition) is 3. The molecule has 1 aromatic heterocycles. The first-order chi connectivity index (χ1) is 7.06. The lowest BCUT2D eigenvalue weighted by Crippen LogP contribution is -2.39. The molecule has 0 aliphatic carbocycles. The van der Waals surface area contributed by atoms with Crippen LogP contribution in [0.25, 0.3) is 0 Å². The maximum atomic E-state index is 5.66. The third-order valence-corrected chi connectivity index (χ3v) is 3.20. The van der Waals surface area contributed by atoms with E-state index in [1.165, 1.54) is 0 Å². The van der Waals surface area contributed by atoms with Crippen molar-refractivity contribution in [3.63, 3.8) is 0 Å². The van der Waals surface area contributed by atoms with Crippen LogP contribution in [0, 0.1) is 5.41 Å². The summed E-state index contributed by atoms with van der Waals surface area (Å²) >= 11 is 0. The Kier molecular flexibility index (Phi) is 3.88. The molecule has 0 aromatic carbocycles. The lowest BCUT2D eigenvalue weighted by atomic mass is 9.80. The van der Waals surface area contributed by atoms with Gasteiger partial charge < -0.3 is 0 Å². The Balaban J connectivity index is 3.02. The molecule has 0 saturated carbocycles. The standard InChI is InChI=1S/C11H22N4/c1-5-11(3,4)10(14-12)9-7-8-13-15(9)6-2/h7-8,10,14H,5-6,12H2,1-4H3. The summed E-state index contributed by atoms with van der Waals surface area (Å²) < 4.78 is 1.99. The zero-order chi connectivity index (χ0) is 11.5. The Hall–Kier alpha value is -0.870. The van der Waals surface area contributed by atoms with Gasteiger partial charge in [-0.1, -0.05) is 20.8 Å². The zero-order valence-electron chi connectivity index (χ0n) is 10.1. The highest BCUT2D eigenvalue weighted by Crippen LogP contribution is 2.35. The molecular weight excluding hydrogens is 188 g/mol. The summed E-state index contributed by atoms with van der Waals surface area (Å²) in [4.78, 5) is 0. The predicted octanol–water partition coefficient (Wildman–Crippen LogP) is 1.84. The van der Waals surface area contributed by atoms with Gasteiger partial charge in [-0.25, -0.2) is 0 Å². The minimum absolute atomic E-state index is 0.127. The molecule has 0 radical (unpaired) electrons. The van der Waals surface area contributed by atoms with Crippen molar-refractivity contribution in [2.24, 2.45) is 11.3 Å². The maximum Gasteiger partial charge on any atom is 0.0679 e. The Labute approximate surface area is 91.8 Å². The van der Waals surface area contributed by atoms with Gasteiger partial charge >= 0.3 is 0 Å². The number of aryl methyl sites for hydroxylation is 1. The smallest absolute Gasteiger partial charge is 0.0679 e. The normalized spacial score (nSPS) is 14.2. The highest BCUT2D eigenvalue weighted by atomic mass is 15.3. The molecule has 4 heteroatoms. The van der Waals surface area contributed by atoms with Crippen LogP contribution < -0.4 is 11.3 Å². The first kappa shape index (κ1) is 12.2. The summed E-state index contributed by atoms with van der Waals surface area (Å²) in [5.74, 6) is 5.66. The fourth-order valence-electron chi connectivity index (χ4n) is 1.77. The molecule has 1 heterocycles. The molecular formula is C11H22N4. The third-order valence-electron chi connectivity index (χ3n) is 3.20. The number of aromatic nitrogens is 2. The highest BCUT2D eigenvalue weighted by molar-refractivity contribution is 5.10. The van der Waals surface area contributed by atoms with Crippen LogP contribution in [0.5, 0.6) is 0 Å². The molecule has 0 fully saturated rings. The van der Waals surface area contributed by atoms with Gasteiger partial charge in [-0.3, -0.25) is 16.0 Å². The van der Waals surface area contributed by atoms with E-state index in [2.05, 4.69) is 38.2 Å². The van der Waals surface area contributed by atoms with E-state index in [-0.39, 0.29) is 11.5 Å². The quantitative estimate of drug-likeness (QED) is 0.576. The fourth-order valence-corrected chi connectivity index (χ4v) is 1.77. The van der Waals surface area contributed by atoms with Crippen LogP contribution in [0.15, 0.2) is 12.3 Å². The number of nitrogens with zero attached hydrogens (tertiary/aromatic N) is 2. The molecule has 1 atom stereocenters. The Morgan fingerprint density at radius 2 is 2.20 bits per heavy atom. The summed E-state index contributed by atoms with van der Waals surface area (Å²) in [7, 11) is 0. The van der Waals surface area contributed by atoms with Crippen molar-refractivity contribution in [1.82, 2.24) is 15.2 Å². The summed E-state index contributed by atoms with van der Waals surface area (Å²) in [6.07, 6.45) is 2.89. The summed E-state index contributed by atoms with van der Waals surface area (Å²) in [6.45, 7) is 9.56. The molecule has 0 spiro atoms. The summed E-state index contributed by atoms with van der Waals surface area (Å²) in [6, 6.07) is 2.18. The predicted molar refractivity (Wildman–Crippen MR) is 62.0 cm³/mol. The molecule has 0 saturated heterocycles. The van der Waals surface area contributed by atoms with Crippen LogP contribution in [0.3, 0.4) is 0 Å². The largest absolute Gasteiger partial charge is 0.271 e. The lowest BCUT2D eigenvalue weighted by molar-refractivity contribution is 0.225. The van der Waals surface area contributed by atoms with E-state index >= 15 is 0 Å². The van der Waals surface area contributed by atoms with Gasteiger partial charge in [-0.2, -0.15) is 5.10 Å². The van der Waals surface area contributed by atoms with Crippen LogP contribution in [-0.2, 0) is 6.54 Å². The van der Waals surface area contributed by atoms with E-state index in [4.69, 9.17) is 5.84 Å².